The van der Waals surface area contributed by atoms with E-state index >= 15 is 0 Å². The lowest BCUT2D eigenvalue weighted by Crippen LogP contribution is -2.44. The summed E-state index contributed by atoms with van der Waals surface area (Å²) < 4.78 is 5.50. The van der Waals surface area contributed by atoms with Crippen LogP contribution in [-0.4, -0.2) is 50.3 Å². The van der Waals surface area contributed by atoms with Crippen molar-refractivity contribution in [2.24, 2.45) is 4.99 Å². The van der Waals surface area contributed by atoms with Gasteiger partial charge in [0.1, 0.15) is 5.75 Å². The molecule has 0 aliphatic carbocycles. The molecular weight excluding hydrogens is 374 g/mol. The van der Waals surface area contributed by atoms with Crippen molar-refractivity contribution in [1.29, 1.82) is 0 Å². The molecule has 6 nitrogen and oxygen atoms in total. The van der Waals surface area contributed by atoms with Gasteiger partial charge in [-0.05, 0) is 43.7 Å². The zero-order valence-electron chi connectivity index (χ0n) is 16.5. The topological polar surface area (TPSA) is 61.8 Å². The average Bonchev–Trinajstić information content (AvgIpc) is 3.17. The number of benzene rings is 1. The molecule has 1 unspecified atom stereocenters. The number of anilines is 1. The Morgan fingerprint density at radius 2 is 2.25 bits per heavy atom. The fraction of sp³-hybridized carbons (Fsp3) is 0.429. The summed E-state index contributed by atoms with van der Waals surface area (Å²) >= 11 is 6.19. The van der Waals surface area contributed by atoms with E-state index < -0.39 is 0 Å². The van der Waals surface area contributed by atoms with Crippen molar-refractivity contribution in [3.05, 3.63) is 53.3 Å². The van der Waals surface area contributed by atoms with E-state index in [9.17, 15) is 0 Å². The summed E-state index contributed by atoms with van der Waals surface area (Å²) in [6, 6.07) is 12.0. The lowest BCUT2D eigenvalue weighted by molar-refractivity contribution is 0.415. The Morgan fingerprint density at radius 1 is 1.36 bits per heavy atom. The Hall–Kier alpha value is -2.47. The summed E-state index contributed by atoms with van der Waals surface area (Å²) in [5.41, 5.74) is 2.10. The summed E-state index contributed by atoms with van der Waals surface area (Å²) in [6.45, 7) is 5.43. The number of nitrogens with zero attached hydrogens (tertiary/aromatic N) is 3. The third kappa shape index (κ3) is 5.52. The second kappa shape index (κ2) is 10.2. The monoisotopic (exact) mass is 401 g/mol. The van der Waals surface area contributed by atoms with Gasteiger partial charge in [-0.2, -0.15) is 0 Å². The number of halogens is 1. The van der Waals surface area contributed by atoms with Gasteiger partial charge in [-0.1, -0.05) is 17.7 Å². The molecule has 0 saturated carbocycles. The lowest BCUT2D eigenvalue weighted by Gasteiger charge is -2.22. The zero-order valence-corrected chi connectivity index (χ0v) is 17.2. The molecule has 0 bridgehead atoms. The van der Waals surface area contributed by atoms with E-state index in [0.717, 1.165) is 60.6 Å². The largest absolute Gasteiger partial charge is 0.495 e. The quantitative estimate of drug-likeness (QED) is 0.551. The molecule has 2 N–H and O–H groups in total. The highest BCUT2D eigenvalue weighted by Crippen LogP contribution is 2.33. The molecule has 1 fully saturated rings. The number of aromatic nitrogens is 1. The molecule has 0 spiro atoms. The normalized spacial score (nSPS) is 16.9. The summed E-state index contributed by atoms with van der Waals surface area (Å²) in [7, 11) is 1.69. The van der Waals surface area contributed by atoms with Gasteiger partial charge in [0, 0.05) is 55.6 Å². The van der Waals surface area contributed by atoms with E-state index in [2.05, 4.69) is 27.4 Å². The molecule has 1 aliphatic heterocycles. The number of rotatable bonds is 7. The van der Waals surface area contributed by atoms with E-state index in [0.29, 0.717) is 12.6 Å². The first kappa shape index (κ1) is 20.3. The van der Waals surface area contributed by atoms with Crippen LogP contribution in [0.15, 0.2) is 47.6 Å². The van der Waals surface area contributed by atoms with Crippen LogP contribution in [-0.2, 0) is 6.42 Å². The molecule has 1 aromatic carbocycles. The van der Waals surface area contributed by atoms with Crippen LogP contribution in [0.3, 0.4) is 0 Å². The number of aliphatic imine (C=N–C) groups is 1. The maximum atomic E-state index is 6.19. The van der Waals surface area contributed by atoms with Gasteiger partial charge < -0.3 is 20.3 Å². The first-order chi connectivity index (χ1) is 13.7. The summed E-state index contributed by atoms with van der Waals surface area (Å²) in [6.07, 6.45) is 3.67. The Kier molecular flexibility index (Phi) is 7.37. The van der Waals surface area contributed by atoms with Gasteiger partial charge in [0.25, 0.3) is 0 Å². The van der Waals surface area contributed by atoms with Crippen molar-refractivity contribution < 1.29 is 4.74 Å². The Balaban J connectivity index is 1.58. The highest BCUT2D eigenvalue weighted by atomic mass is 35.5. The van der Waals surface area contributed by atoms with Gasteiger partial charge in [0.15, 0.2) is 5.96 Å². The molecule has 1 aromatic heterocycles. The molecule has 3 rings (SSSR count). The van der Waals surface area contributed by atoms with Gasteiger partial charge in [0.05, 0.1) is 12.8 Å². The number of pyridine rings is 1. The number of hydrogen-bond donors (Lipinski definition) is 2. The Bertz CT molecular complexity index is 784. The van der Waals surface area contributed by atoms with Crippen LogP contribution in [0.5, 0.6) is 5.75 Å². The van der Waals surface area contributed by atoms with Crippen molar-refractivity contribution in [2.45, 2.75) is 25.8 Å². The van der Waals surface area contributed by atoms with E-state index in [1.165, 1.54) is 0 Å². The van der Waals surface area contributed by atoms with Crippen LogP contribution in [0.4, 0.5) is 5.69 Å². The first-order valence-corrected chi connectivity index (χ1v) is 10.1. The summed E-state index contributed by atoms with van der Waals surface area (Å²) in [5, 5.41) is 7.61. The van der Waals surface area contributed by atoms with Crippen LogP contribution in [0.1, 0.15) is 19.0 Å². The predicted octanol–water partition coefficient (Wildman–Crippen LogP) is 3.12. The van der Waals surface area contributed by atoms with Gasteiger partial charge >= 0.3 is 0 Å². The maximum Gasteiger partial charge on any atom is 0.191 e. The maximum absolute atomic E-state index is 6.19. The molecule has 2 heterocycles. The van der Waals surface area contributed by atoms with Crippen LogP contribution in [0.2, 0.25) is 5.02 Å². The van der Waals surface area contributed by atoms with Crippen LogP contribution in [0.25, 0.3) is 0 Å². The highest BCUT2D eigenvalue weighted by molar-refractivity contribution is 6.30. The number of guanidine groups is 1. The molecule has 150 valence electrons. The second-order valence-electron chi connectivity index (χ2n) is 6.72. The smallest absolute Gasteiger partial charge is 0.191 e. The van der Waals surface area contributed by atoms with Crippen LogP contribution >= 0.6 is 11.6 Å². The molecule has 1 saturated heterocycles. The fourth-order valence-electron chi connectivity index (χ4n) is 3.35. The van der Waals surface area contributed by atoms with Gasteiger partial charge in [0.2, 0.25) is 0 Å². The third-order valence-corrected chi connectivity index (χ3v) is 4.95. The predicted molar refractivity (Wildman–Crippen MR) is 116 cm³/mol. The Morgan fingerprint density at radius 3 is 3.00 bits per heavy atom. The molecule has 1 atom stereocenters. The first-order valence-electron chi connectivity index (χ1n) is 9.73. The van der Waals surface area contributed by atoms with Gasteiger partial charge in [-0.15, -0.1) is 0 Å². The molecule has 28 heavy (non-hydrogen) atoms. The molecule has 0 amide bonds. The van der Waals surface area contributed by atoms with Crippen molar-refractivity contribution in [1.82, 2.24) is 15.6 Å². The van der Waals surface area contributed by atoms with E-state index in [-0.39, 0.29) is 0 Å². The van der Waals surface area contributed by atoms with Crippen molar-refractivity contribution in [2.75, 3.05) is 38.2 Å². The molecule has 0 radical (unpaired) electrons. The fourth-order valence-corrected chi connectivity index (χ4v) is 3.52. The van der Waals surface area contributed by atoms with Crippen molar-refractivity contribution in [3.63, 3.8) is 0 Å². The summed E-state index contributed by atoms with van der Waals surface area (Å²) in [4.78, 5) is 11.4. The number of ether oxygens (including phenoxy) is 1. The number of nitrogens with one attached hydrogen (secondary N) is 2. The standard InChI is InChI=1S/C21H28ClN5O/c1-3-23-21(25-12-9-17-6-4-5-11-24-17)26-18-10-13-27(15-18)19-14-16(22)7-8-20(19)28-2/h4-8,11,14,18H,3,9-10,12-13,15H2,1-2H3,(H2,23,25,26). The highest BCUT2D eigenvalue weighted by Gasteiger charge is 2.25. The Labute approximate surface area is 172 Å². The molecular formula is C21H28ClN5O. The minimum absolute atomic E-state index is 0.316. The minimum Gasteiger partial charge on any atom is -0.495 e. The number of hydrogen-bond acceptors (Lipinski definition) is 4. The molecule has 2 aromatic rings. The van der Waals surface area contributed by atoms with E-state index in [1.807, 2.05) is 42.6 Å². The zero-order chi connectivity index (χ0) is 19.8. The minimum atomic E-state index is 0.316. The van der Waals surface area contributed by atoms with Crippen molar-refractivity contribution >= 4 is 23.2 Å². The van der Waals surface area contributed by atoms with Crippen LogP contribution < -0.4 is 20.3 Å². The van der Waals surface area contributed by atoms with Gasteiger partial charge in [-0.25, -0.2) is 0 Å². The number of methoxy groups -OCH3 is 1. The molecule has 7 heteroatoms. The van der Waals surface area contributed by atoms with E-state index in [1.54, 1.807) is 7.11 Å². The van der Waals surface area contributed by atoms with Crippen LogP contribution in [0, 0.1) is 0 Å². The average molecular weight is 402 g/mol. The third-order valence-electron chi connectivity index (χ3n) is 4.72. The van der Waals surface area contributed by atoms with E-state index in [4.69, 9.17) is 21.3 Å². The van der Waals surface area contributed by atoms with Crippen molar-refractivity contribution in [3.8, 4) is 5.75 Å². The second-order valence-corrected chi connectivity index (χ2v) is 7.16. The SMILES string of the molecule is CCNC(=NCCc1ccccn1)NC1CCN(c2cc(Cl)ccc2OC)C1. The molecule has 1 aliphatic rings. The lowest BCUT2D eigenvalue weighted by atomic mass is 10.2. The summed E-state index contributed by atoms with van der Waals surface area (Å²) in [5.74, 6) is 1.70. The van der Waals surface area contributed by atoms with Gasteiger partial charge in [-0.3, -0.25) is 9.98 Å².